The fourth-order valence-corrected chi connectivity index (χ4v) is 3.77. The maximum Gasteiger partial charge on any atom is 0.222 e. The van der Waals surface area contributed by atoms with Crippen LogP contribution < -0.4 is 4.90 Å². The molecule has 0 saturated carbocycles. The maximum absolute atomic E-state index is 6.19. The first kappa shape index (κ1) is 17.9. The van der Waals surface area contributed by atoms with Gasteiger partial charge in [0.05, 0.1) is 0 Å². The standard InChI is InChI=1S/C17H26ClN7/c1-13-12-24(16-15(18)20-6-7-21-16)10-11-25(13)14(2)22-17(19-3)23-8-4-5-9-23/h6-7,13H,4-5,8-12H2,1-3H3/b19-17?,22-14+. The summed E-state index contributed by atoms with van der Waals surface area (Å²) in [6, 6.07) is 0.312. The van der Waals surface area contributed by atoms with E-state index in [1.807, 2.05) is 7.05 Å². The van der Waals surface area contributed by atoms with Gasteiger partial charge in [-0.2, -0.15) is 0 Å². The van der Waals surface area contributed by atoms with Crippen molar-refractivity contribution in [2.45, 2.75) is 32.7 Å². The molecular formula is C17H26ClN7. The van der Waals surface area contributed by atoms with E-state index in [9.17, 15) is 0 Å². The average Bonchev–Trinajstić information content (AvgIpc) is 3.14. The molecule has 0 aromatic carbocycles. The largest absolute Gasteiger partial charge is 0.354 e. The molecule has 1 aromatic heterocycles. The number of anilines is 1. The van der Waals surface area contributed by atoms with E-state index in [0.29, 0.717) is 11.2 Å². The van der Waals surface area contributed by atoms with Crippen LogP contribution in [-0.4, -0.2) is 77.4 Å². The summed E-state index contributed by atoms with van der Waals surface area (Å²) in [7, 11) is 1.82. The third-order valence-electron chi connectivity index (χ3n) is 4.83. The maximum atomic E-state index is 6.19. The Morgan fingerprint density at radius 1 is 1.16 bits per heavy atom. The van der Waals surface area contributed by atoms with Gasteiger partial charge in [0.25, 0.3) is 0 Å². The SMILES string of the molecule is CN=C(/N=C(\C)N1CCN(c2nccnc2Cl)CC1C)N1CCCC1. The van der Waals surface area contributed by atoms with Gasteiger partial charge in [-0.25, -0.2) is 15.0 Å². The highest BCUT2D eigenvalue weighted by atomic mass is 35.5. The molecule has 2 saturated heterocycles. The third kappa shape index (κ3) is 4.03. The molecule has 3 heterocycles. The van der Waals surface area contributed by atoms with Gasteiger partial charge in [-0.15, -0.1) is 0 Å². The van der Waals surface area contributed by atoms with Crippen molar-refractivity contribution in [1.82, 2.24) is 19.8 Å². The van der Waals surface area contributed by atoms with Crippen molar-refractivity contribution in [3.63, 3.8) is 0 Å². The van der Waals surface area contributed by atoms with E-state index in [1.165, 1.54) is 12.8 Å². The van der Waals surface area contributed by atoms with E-state index < -0.39 is 0 Å². The Balaban J connectivity index is 1.68. The van der Waals surface area contributed by atoms with Gasteiger partial charge in [0.1, 0.15) is 5.84 Å². The van der Waals surface area contributed by atoms with Crippen LogP contribution in [0.2, 0.25) is 5.15 Å². The number of aliphatic imine (C=N–C) groups is 2. The molecule has 0 bridgehead atoms. The lowest BCUT2D eigenvalue weighted by molar-refractivity contribution is 0.295. The molecule has 25 heavy (non-hydrogen) atoms. The number of piperazine rings is 1. The zero-order valence-corrected chi connectivity index (χ0v) is 15.9. The Morgan fingerprint density at radius 2 is 1.88 bits per heavy atom. The first-order chi connectivity index (χ1) is 12.1. The van der Waals surface area contributed by atoms with E-state index in [-0.39, 0.29) is 0 Å². The molecule has 2 aliphatic heterocycles. The van der Waals surface area contributed by atoms with Crippen molar-refractivity contribution in [1.29, 1.82) is 0 Å². The van der Waals surface area contributed by atoms with Crippen LogP contribution in [0.3, 0.4) is 0 Å². The van der Waals surface area contributed by atoms with Crippen molar-refractivity contribution in [2.24, 2.45) is 9.98 Å². The van der Waals surface area contributed by atoms with E-state index in [4.69, 9.17) is 16.6 Å². The second kappa shape index (κ2) is 7.99. The van der Waals surface area contributed by atoms with Crippen LogP contribution >= 0.6 is 11.6 Å². The lowest BCUT2D eigenvalue weighted by Crippen LogP contribution is -2.54. The highest BCUT2D eigenvalue weighted by Crippen LogP contribution is 2.23. The van der Waals surface area contributed by atoms with Crippen LogP contribution in [0.25, 0.3) is 0 Å². The molecule has 0 spiro atoms. The average molecular weight is 364 g/mol. The van der Waals surface area contributed by atoms with Crippen molar-refractivity contribution >= 4 is 29.2 Å². The van der Waals surface area contributed by atoms with Gasteiger partial charge >= 0.3 is 0 Å². The molecule has 1 aromatic rings. The molecule has 2 aliphatic rings. The summed E-state index contributed by atoms with van der Waals surface area (Å²) in [5.41, 5.74) is 0. The Morgan fingerprint density at radius 3 is 2.52 bits per heavy atom. The molecule has 0 amide bonds. The summed E-state index contributed by atoms with van der Waals surface area (Å²) in [6.07, 6.45) is 5.75. The van der Waals surface area contributed by atoms with Crippen LogP contribution in [0.1, 0.15) is 26.7 Å². The van der Waals surface area contributed by atoms with Gasteiger partial charge in [0.15, 0.2) is 11.0 Å². The summed E-state index contributed by atoms with van der Waals surface area (Å²) in [4.78, 5) is 24.5. The van der Waals surface area contributed by atoms with E-state index >= 15 is 0 Å². The van der Waals surface area contributed by atoms with Gasteiger partial charge in [-0.05, 0) is 26.7 Å². The summed E-state index contributed by atoms with van der Waals surface area (Å²) >= 11 is 6.19. The summed E-state index contributed by atoms with van der Waals surface area (Å²) in [6.45, 7) is 8.94. The molecule has 136 valence electrons. The first-order valence-corrected chi connectivity index (χ1v) is 9.23. The molecule has 0 N–H and O–H groups in total. The van der Waals surface area contributed by atoms with E-state index in [1.54, 1.807) is 12.4 Å². The van der Waals surface area contributed by atoms with Crippen molar-refractivity contribution in [3.8, 4) is 0 Å². The Hall–Kier alpha value is -1.89. The Labute approximate surface area is 154 Å². The number of nitrogens with zero attached hydrogens (tertiary/aromatic N) is 7. The predicted molar refractivity (Wildman–Crippen MR) is 103 cm³/mol. The van der Waals surface area contributed by atoms with E-state index in [2.05, 4.69) is 43.5 Å². The monoisotopic (exact) mass is 363 g/mol. The molecule has 8 heteroatoms. The topological polar surface area (TPSA) is 60.2 Å². The molecule has 1 unspecified atom stereocenters. The van der Waals surface area contributed by atoms with Crippen LogP contribution in [0.4, 0.5) is 5.82 Å². The van der Waals surface area contributed by atoms with Crippen LogP contribution in [0, 0.1) is 0 Å². The number of amidine groups is 1. The van der Waals surface area contributed by atoms with Crippen molar-refractivity contribution in [2.75, 3.05) is 44.7 Å². The fraction of sp³-hybridized carbons (Fsp3) is 0.647. The lowest BCUT2D eigenvalue weighted by atomic mass is 10.2. The zero-order valence-electron chi connectivity index (χ0n) is 15.2. The van der Waals surface area contributed by atoms with Crippen molar-refractivity contribution < 1.29 is 0 Å². The second-order valence-electron chi connectivity index (χ2n) is 6.54. The Bertz CT molecular complexity index is 654. The molecule has 3 rings (SSSR count). The second-order valence-corrected chi connectivity index (χ2v) is 6.89. The smallest absolute Gasteiger partial charge is 0.222 e. The minimum absolute atomic E-state index is 0.312. The molecule has 1 atom stereocenters. The zero-order chi connectivity index (χ0) is 17.8. The number of aromatic nitrogens is 2. The molecule has 0 radical (unpaired) electrons. The summed E-state index contributed by atoms with van der Waals surface area (Å²) in [5, 5.41) is 0.461. The summed E-state index contributed by atoms with van der Waals surface area (Å²) in [5.74, 6) is 2.63. The lowest BCUT2D eigenvalue weighted by Gasteiger charge is -2.41. The van der Waals surface area contributed by atoms with Gasteiger partial charge in [0.2, 0.25) is 5.96 Å². The normalized spacial score (nSPS) is 22.7. The van der Waals surface area contributed by atoms with Crippen LogP contribution in [0.15, 0.2) is 22.4 Å². The molecule has 7 nitrogen and oxygen atoms in total. The number of hydrogen-bond donors (Lipinski definition) is 0. The van der Waals surface area contributed by atoms with Crippen molar-refractivity contribution in [3.05, 3.63) is 17.5 Å². The predicted octanol–water partition coefficient (Wildman–Crippen LogP) is 2.14. The highest BCUT2D eigenvalue weighted by Gasteiger charge is 2.27. The molecule has 2 fully saturated rings. The number of hydrogen-bond acceptors (Lipinski definition) is 4. The van der Waals surface area contributed by atoms with Gasteiger partial charge in [0, 0.05) is 58.2 Å². The van der Waals surface area contributed by atoms with Crippen LogP contribution in [0.5, 0.6) is 0 Å². The third-order valence-corrected chi connectivity index (χ3v) is 5.10. The quantitative estimate of drug-likeness (QED) is 0.565. The minimum atomic E-state index is 0.312. The van der Waals surface area contributed by atoms with Gasteiger partial charge in [-0.3, -0.25) is 4.99 Å². The number of guanidine groups is 1. The van der Waals surface area contributed by atoms with E-state index in [0.717, 1.165) is 50.3 Å². The fourth-order valence-electron chi connectivity index (χ4n) is 3.54. The number of rotatable bonds is 1. The number of likely N-dealkylation sites (tertiary alicyclic amines) is 1. The number of halogens is 1. The molecule has 0 aliphatic carbocycles. The first-order valence-electron chi connectivity index (χ1n) is 8.85. The van der Waals surface area contributed by atoms with Crippen LogP contribution in [-0.2, 0) is 0 Å². The van der Waals surface area contributed by atoms with Gasteiger partial charge < -0.3 is 14.7 Å². The highest BCUT2D eigenvalue weighted by molar-refractivity contribution is 6.31. The Kier molecular flexibility index (Phi) is 5.73. The molecular weight excluding hydrogens is 338 g/mol. The summed E-state index contributed by atoms with van der Waals surface area (Å²) < 4.78 is 0. The van der Waals surface area contributed by atoms with Gasteiger partial charge in [-0.1, -0.05) is 11.6 Å². The minimum Gasteiger partial charge on any atom is -0.354 e.